The number of nitrogen functional groups attached to an aromatic ring is 1. The lowest BCUT2D eigenvalue weighted by Gasteiger charge is -2.15. The van der Waals surface area contributed by atoms with E-state index in [2.05, 4.69) is 26.4 Å². The van der Waals surface area contributed by atoms with E-state index in [9.17, 15) is 4.79 Å². The van der Waals surface area contributed by atoms with Gasteiger partial charge in [-0.3, -0.25) is 4.79 Å². The molecule has 1 atom stereocenters. The first-order valence-corrected chi connectivity index (χ1v) is 8.64. The van der Waals surface area contributed by atoms with Crippen molar-refractivity contribution in [3.05, 3.63) is 64.2 Å². The van der Waals surface area contributed by atoms with Crippen LogP contribution in [0.25, 0.3) is 5.82 Å². The smallest absolute Gasteiger partial charge is 0.274 e. The lowest BCUT2D eigenvalue weighted by atomic mass is 10.1. The Morgan fingerprint density at radius 2 is 2.15 bits per heavy atom. The number of hydrogen-bond acceptors (Lipinski definition) is 5. The SMILES string of the molecule is Cc1cnn(-c2nc(N)c(C(=O)N[C@@H]3CCc4ccccc43)nc2Cl)c1. The molecular weight excluding hydrogens is 352 g/mol. The number of aryl methyl sites for hydroxylation is 2. The van der Waals surface area contributed by atoms with Crippen molar-refractivity contribution in [2.45, 2.75) is 25.8 Å². The fraction of sp³-hybridized carbons (Fsp3) is 0.222. The molecule has 7 nitrogen and oxygen atoms in total. The van der Waals surface area contributed by atoms with Gasteiger partial charge in [0.2, 0.25) is 0 Å². The Hall–Kier alpha value is -2.93. The van der Waals surface area contributed by atoms with Gasteiger partial charge in [0.25, 0.3) is 5.91 Å². The molecule has 3 aromatic rings. The van der Waals surface area contributed by atoms with Crippen molar-refractivity contribution in [3.63, 3.8) is 0 Å². The number of carbonyl (C=O) groups is 1. The van der Waals surface area contributed by atoms with Gasteiger partial charge < -0.3 is 11.1 Å². The molecular formula is C18H17ClN6O. The zero-order valence-corrected chi connectivity index (χ0v) is 14.9. The predicted molar refractivity (Wildman–Crippen MR) is 98.3 cm³/mol. The zero-order valence-electron chi connectivity index (χ0n) is 14.1. The fourth-order valence-corrected chi connectivity index (χ4v) is 3.41. The van der Waals surface area contributed by atoms with E-state index in [1.165, 1.54) is 10.2 Å². The monoisotopic (exact) mass is 368 g/mol. The topological polar surface area (TPSA) is 98.7 Å². The van der Waals surface area contributed by atoms with Gasteiger partial charge >= 0.3 is 0 Å². The van der Waals surface area contributed by atoms with Gasteiger partial charge in [0, 0.05) is 6.20 Å². The highest BCUT2D eigenvalue weighted by molar-refractivity contribution is 6.31. The van der Waals surface area contributed by atoms with Crippen molar-refractivity contribution in [2.75, 3.05) is 5.73 Å². The summed E-state index contributed by atoms with van der Waals surface area (Å²) in [5, 5.41) is 7.19. The molecule has 0 saturated carbocycles. The highest BCUT2D eigenvalue weighted by Crippen LogP contribution is 2.31. The van der Waals surface area contributed by atoms with Gasteiger partial charge in [-0.15, -0.1) is 0 Å². The number of nitrogens with zero attached hydrogens (tertiary/aromatic N) is 4. The number of halogens is 1. The first-order valence-electron chi connectivity index (χ1n) is 8.26. The third-order valence-corrected chi connectivity index (χ3v) is 4.70. The van der Waals surface area contributed by atoms with E-state index in [0.29, 0.717) is 5.82 Å². The van der Waals surface area contributed by atoms with E-state index in [1.807, 2.05) is 25.1 Å². The summed E-state index contributed by atoms with van der Waals surface area (Å²) in [6.07, 6.45) is 5.20. The van der Waals surface area contributed by atoms with Gasteiger partial charge in [0.05, 0.1) is 12.2 Å². The maximum absolute atomic E-state index is 12.7. The summed E-state index contributed by atoms with van der Waals surface area (Å²) >= 11 is 6.22. The molecule has 1 aromatic carbocycles. The number of nitrogens with two attached hydrogens (primary N) is 1. The van der Waals surface area contributed by atoms with Gasteiger partial charge in [-0.25, -0.2) is 14.6 Å². The quantitative estimate of drug-likeness (QED) is 0.740. The van der Waals surface area contributed by atoms with Crippen molar-refractivity contribution in [2.24, 2.45) is 0 Å². The van der Waals surface area contributed by atoms with Gasteiger partial charge in [0.1, 0.15) is 0 Å². The first kappa shape index (κ1) is 16.5. The number of rotatable bonds is 3. The molecule has 3 N–H and O–H groups in total. The van der Waals surface area contributed by atoms with Gasteiger partial charge in [-0.05, 0) is 36.5 Å². The average molecular weight is 369 g/mol. The minimum absolute atomic E-state index is 0.0151. The maximum atomic E-state index is 12.7. The lowest BCUT2D eigenvalue weighted by molar-refractivity contribution is 0.0932. The highest BCUT2D eigenvalue weighted by atomic mass is 35.5. The minimum atomic E-state index is -0.387. The van der Waals surface area contributed by atoms with E-state index < -0.39 is 0 Å². The summed E-state index contributed by atoms with van der Waals surface area (Å²) in [4.78, 5) is 21.0. The molecule has 0 fully saturated rings. The Bertz CT molecular complexity index is 999. The number of fused-ring (bicyclic) bond motifs is 1. The highest BCUT2D eigenvalue weighted by Gasteiger charge is 2.26. The number of amides is 1. The molecule has 0 bridgehead atoms. The van der Waals surface area contributed by atoms with Crippen molar-refractivity contribution in [1.82, 2.24) is 25.1 Å². The number of carbonyl (C=O) groups excluding carboxylic acids is 1. The largest absolute Gasteiger partial charge is 0.382 e. The molecule has 1 aliphatic rings. The van der Waals surface area contributed by atoms with Crippen LogP contribution in [0.5, 0.6) is 0 Å². The van der Waals surface area contributed by atoms with E-state index >= 15 is 0 Å². The van der Waals surface area contributed by atoms with Crippen LogP contribution in [0.1, 0.15) is 39.6 Å². The summed E-state index contributed by atoms with van der Waals surface area (Å²) in [5.74, 6) is -0.0804. The molecule has 0 saturated heterocycles. The molecule has 4 rings (SSSR count). The number of aromatic nitrogens is 4. The third-order valence-electron chi connectivity index (χ3n) is 4.45. The van der Waals surface area contributed by atoms with Crippen LogP contribution in [0.15, 0.2) is 36.7 Å². The Morgan fingerprint density at radius 1 is 1.35 bits per heavy atom. The lowest BCUT2D eigenvalue weighted by Crippen LogP contribution is -2.29. The van der Waals surface area contributed by atoms with E-state index in [0.717, 1.165) is 24.0 Å². The van der Waals surface area contributed by atoms with Crippen LogP contribution in [0.2, 0.25) is 5.15 Å². The summed E-state index contributed by atoms with van der Waals surface area (Å²) in [6, 6.07) is 8.01. The first-order chi connectivity index (χ1) is 12.5. The molecule has 26 heavy (non-hydrogen) atoms. The maximum Gasteiger partial charge on any atom is 0.274 e. The van der Waals surface area contributed by atoms with Crippen LogP contribution in [0.3, 0.4) is 0 Å². The molecule has 2 aromatic heterocycles. The summed E-state index contributed by atoms with van der Waals surface area (Å²) in [5.41, 5.74) is 9.31. The Morgan fingerprint density at radius 3 is 2.92 bits per heavy atom. The summed E-state index contributed by atoms with van der Waals surface area (Å²) in [7, 11) is 0. The number of anilines is 1. The average Bonchev–Trinajstić information content (AvgIpc) is 3.23. The Labute approximate surface area is 155 Å². The van der Waals surface area contributed by atoms with Crippen molar-refractivity contribution >= 4 is 23.3 Å². The van der Waals surface area contributed by atoms with Crippen LogP contribution < -0.4 is 11.1 Å². The molecule has 8 heteroatoms. The van der Waals surface area contributed by atoms with Crippen LogP contribution in [0.4, 0.5) is 5.82 Å². The normalized spacial score (nSPS) is 15.7. The van der Waals surface area contributed by atoms with E-state index in [-0.39, 0.29) is 28.6 Å². The van der Waals surface area contributed by atoms with Gasteiger partial charge in [-0.2, -0.15) is 5.10 Å². The van der Waals surface area contributed by atoms with Gasteiger partial charge in [-0.1, -0.05) is 35.9 Å². The molecule has 0 spiro atoms. The Balaban J connectivity index is 1.60. The second-order valence-electron chi connectivity index (χ2n) is 6.30. The third kappa shape index (κ3) is 2.90. The molecule has 2 heterocycles. The molecule has 0 aliphatic heterocycles. The van der Waals surface area contributed by atoms with Crippen LogP contribution in [-0.4, -0.2) is 25.7 Å². The standard InChI is InChI=1S/C18H17ClN6O/c1-10-8-21-25(9-10)17-15(19)23-14(16(20)24-17)18(26)22-13-7-6-11-4-2-3-5-12(11)13/h2-5,8-9,13H,6-7H2,1H3,(H2,20,24)(H,22,26)/t13-/m1/s1. The van der Waals surface area contributed by atoms with Crippen molar-refractivity contribution in [3.8, 4) is 5.82 Å². The number of nitrogens with one attached hydrogen (secondary N) is 1. The minimum Gasteiger partial charge on any atom is -0.382 e. The zero-order chi connectivity index (χ0) is 18.3. The molecule has 132 valence electrons. The second kappa shape index (κ2) is 6.42. The van der Waals surface area contributed by atoms with Crippen molar-refractivity contribution in [1.29, 1.82) is 0 Å². The number of hydrogen-bond donors (Lipinski definition) is 2. The molecule has 1 amide bonds. The van der Waals surface area contributed by atoms with Gasteiger partial charge in [0.15, 0.2) is 22.5 Å². The van der Waals surface area contributed by atoms with Crippen LogP contribution >= 0.6 is 11.6 Å². The fourth-order valence-electron chi connectivity index (χ4n) is 3.19. The summed E-state index contributed by atoms with van der Waals surface area (Å²) < 4.78 is 1.48. The summed E-state index contributed by atoms with van der Waals surface area (Å²) in [6.45, 7) is 1.90. The van der Waals surface area contributed by atoms with E-state index in [4.69, 9.17) is 17.3 Å². The number of benzene rings is 1. The molecule has 0 radical (unpaired) electrons. The molecule has 1 aliphatic carbocycles. The predicted octanol–water partition coefficient (Wildman–Crippen LogP) is 2.62. The van der Waals surface area contributed by atoms with Crippen molar-refractivity contribution < 1.29 is 4.79 Å². The Kier molecular flexibility index (Phi) is 4.08. The van der Waals surface area contributed by atoms with Crippen LogP contribution in [0, 0.1) is 6.92 Å². The second-order valence-corrected chi connectivity index (χ2v) is 6.66. The van der Waals surface area contributed by atoms with Crippen LogP contribution in [-0.2, 0) is 6.42 Å². The molecule has 0 unspecified atom stereocenters. The van der Waals surface area contributed by atoms with E-state index in [1.54, 1.807) is 12.4 Å².